The lowest BCUT2D eigenvalue weighted by atomic mass is 9.83. The van der Waals surface area contributed by atoms with Crippen molar-refractivity contribution in [2.45, 2.75) is 38.6 Å². The molecule has 1 unspecified atom stereocenters. The van der Waals surface area contributed by atoms with Gasteiger partial charge in [0.2, 0.25) is 0 Å². The van der Waals surface area contributed by atoms with Crippen LogP contribution in [0.1, 0.15) is 47.4 Å². The van der Waals surface area contributed by atoms with Crippen LogP contribution in [-0.4, -0.2) is 14.8 Å². The summed E-state index contributed by atoms with van der Waals surface area (Å²) in [7, 11) is 0. The van der Waals surface area contributed by atoms with Crippen molar-refractivity contribution < 1.29 is 4.11 Å². The van der Waals surface area contributed by atoms with Gasteiger partial charge in [0.1, 0.15) is 12.7 Å². The molecule has 0 aliphatic rings. The maximum Gasteiger partial charge on any atom is 0.137 e. The second kappa shape index (κ2) is 5.76. The van der Waals surface area contributed by atoms with Crippen LogP contribution in [0.4, 0.5) is 0 Å². The largest absolute Gasteiger partial charge is 0.249 e. The Morgan fingerprint density at radius 3 is 2.76 bits per heavy atom. The predicted octanol–water partition coefficient (Wildman–Crippen LogP) is 2.75. The summed E-state index contributed by atoms with van der Waals surface area (Å²) in [5.41, 5.74) is 1.01. The fourth-order valence-electron chi connectivity index (χ4n) is 1.98. The van der Waals surface area contributed by atoms with Crippen LogP contribution in [0.15, 0.2) is 30.9 Å². The molecule has 1 atom stereocenters. The first-order valence-corrected chi connectivity index (χ1v) is 6.45. The van der Waals surface area contributed by atoms with E-state index in [1.165, 1.54) is 6.33 Å². The third kappa shape index (κ3) is 3.27. The highest BCUT2D eigenvalue weighted by Gasteiger charge is 2.22. The molecule has 0 amide bonds. The summed E-state index contributed by atoms with van der Waals surface area (Å²) >= 11 is 0. The van der Waals surface area contributed by atoms with Crippen LogP contribution in [0.5, 0.6) is 0 Å². The summed E-state index contributed by atoms with van der Waals surface area (Å²) in [5.74, 6) is -1.25. The van der Waals surface area contributed by atoms with E-state index < -0.39 is 18.2 Å². The molecule has 1 heterocycles. The Bertz CT molecular complexity index is 795. The quantitative estimate of drug-likeness (QED) is 0.808. The molecule has 0 radical (unpaired) electrons. The summed E-state index contributed by atoms with van der Waals surface area (Å²) in [6.45, 7) is 1.44. The zero-order chi connectivity index (χ0) is 18.0. The molecule has 0 saturated heterocycles. The van der Waals surface area contributed by atoms with Gasteiger partial charge in [0.05, 0.1) is 30.0 Å². The zero-order valence-electron chi connectivity index (χ0n) is 14.9. The number of benzene rings is 1. The zero-order valence-corrected chi connectivity index (χ0v) is 11.9. The lowest BCUT2D eigenvalue weighted by molar-refractivity contribution is 0.665. The molecule has 5 heteroatoms. The van der Waals surface area contributed by atoms with Crippen molar-refractivity contribution in [2.24, 2.45) is 0 Å². The molecule has 0 N–H and O–H groups in total. The molecular formula is C16H17N5. The highest BCUT2D eigenvalue weighted by molar-refractivity contribution is 5.40. The summed E-state index contributed by atoms with van der Waals surface area (Å²) in [4.78, 5) is 3.88. The first-order chi connectivity index (χ1) is 11.2. The number of nitrogens with zero attached hydrogens (tertiary/aromatic N) is 5. The number of rotatable bonds is 4. The van der Waals surface area contributed by atoms with Crippen molar-refractivity contribution >= 4 is 0 Å². The monoisotopic (exact) mass is 283 g/mol. The van der Waals surface area contributed by atoms with Gasteiger partial charge in [-0.1, -0.05) is 18.2 Å². The van der Waals surface area contributed by atoms with Gasteiger partial charge in [0.25, 0.3) is 0 Å². The van der Waals surface area contributed by atoms with Gasteiger partial charge in [0.15, 0.2) is 0 Å². The fourth-order valence-corrected chi connectivity index (χ4v) is 1.98. The first-order valence-electron chi connectivity index (χ1n) is 7.95. The Kier molecular flexibility index (Phi) is 3.03. The SMILES string of the molecule is [2H]C([2H])([2H])C([13C]#N)c1cc(Cn2cncn2)cc(C(C)(C)C#N)c1. The second-order valence-electron chi connectivity index (χ2n) is 5.36. The standard InChI is InChI=1S/C16H17N5/c1-12(7-17)14-4-13(8-21-11-19-10-20-21)5-15(6-14)16(2,3)9-18/h4-6,10-12H,8H2,1-3H3/i1D3,7+1. The minimum absolute atomic E-state index is 0.376. The lowest BCUT2D eigenvalue weighted by Crippen LogP contribution is -2.15. The molecule has 0 bridgehead atoms. The van der Waals surface area contributed by atoms with E-state index in [1.54, 1.807) is 37.0 Å². The first kappa shape index (κ1) is 11.0. The lowest BCUT2D eigenvalue weighted by Gasteiger charge is -2.19. The van der Waals surface area contributed by atoms with Gasteiger partial charge >= 0.3 is 0 Å². The molecule has 21 heavy (non-hydrogen) atoms. The summed E-state index contributed by atoms with van der Waals surface area (Å²) in [6, 6.07) is 9.22. The molecule has 0 spiro atoms. The van der Waals surface area contributed by atoms with E-state index in [9.17, 15) is 10.5 Å². The smallest absolute Gasteiger partial charge is 0.137 e. The molecule has 0 saturated carbocycles. The van der Waals surface area contributed by atoms with Crippen LogP contribution >= 0.6 is 0 Å². The number of nitriles is 2. The topological polar surface area (TPSA) is 78.3 Å². The molecule has 2 rings (SSSR count). The highest BCUT2D eigenvalue weighted by atomic mass is 15.3. The van der Waals surface area contributed by atoms with Gasteiger partial charge in [-0.2, -0.15) is 15.6 Å². The molecule has 1 aromatic heterocycles. The molecule has 1 aromatic carbocycles. The van der Waals surface area contributed by atoms with E-state index >= 15 is 0 Å². The summed E-state index contributed by atoms with van der Waals surface area (Å²) < 4.78 is 24.3. The Labute approximate surface area is 128 Å². The van der Waals surface area contributed by atoms with Crippen LogP contribution in [0.3, 0.4) is 0 Å². The van der Waals surface area contributed by atoms with Gasteiger partial charge in [-0.3, -0.25) is 0 Å². The minimum Gasteiger partial charge on any atom is -0.249 e. The molecule has 0 aliphatic heterocycles. The van der Waals surface area contributed by atoms with Gasteiger partial charge in [-0.15, -0.1) is 0 Å². The fraction of sp³-hybridized carbons (Fsp3) is 0.375. The summed E-state index contributed by atoms with van der Waals surface area (Å²) in [5, 5.41) is 22.7. The molecule has 5 nitrogen and oxygen atoms in total. The van der Waals surface area contributed by atoms with Gasteiger partial charge in [0, 0.05) is 4.11 Å². The molecule has 0 aliphatic carbocycles. The predicted molar refractivity (Wildman–Crippen MR) is 78.2 cm³/mol. The van der Waals surface area contributed by atoms with E-state index in [1.807, 2.05) is 12.1 Å². The average molecular weight is 283 g/mol. The van der Waals surface area contributed by atoms with Gasteiger partial charge < -0.3 is 0 Å². The normalized spacial score (nSPS) is 15.1. The van der Waals surface area contributed by atoms with Crippen molar-refractivity contribution in [1.82, 2.24) is 14.8 Å². The van der Waals surface area contributed by atoms with Crippen LogP contribution in [0.25, 0.3) is 0 Å². The Balaban J connectivity index is 2.56. The van der Waals surface area contributed by atoms with Crippen LogP contribution in [0.2, 0.25) is 0 Å². The van der Waals surface area contributed by atoms with Gasteiger partial charge in [-0.05, 0) is 37.4 Å². The van der Waals surface area contributed by atoms with Crippen molar-refractivity contribution in [3.63, 3.8) is 0 Å². The Morgan fingerprint density at radius 1 is 1.38 bits per heavy atom. The highest BCUT2D eigenvalue weighted by Crippen LogP contribution is 2.27. The number of aromatic nitrogens is 3. The van der Waals surface area contributed by atoms with Crippen molar-refractivity contribution in [3.05, 3.63) is 47.5 Å². The van der Waals surface area contributed by atoms with Crippen molar-refractivity contribution in [2.75, 3.05) is 0 Å². The van der Waals surface area contributed by atoms with Crippen molar-refractivity contribution in [1.29, 1.82) is 10.5 Å². The number of hydrogen-bond acceptors (Lipinski definition) is 4. The minimum atomic E-state index is -2.44. The van der Waals surface area contributed by atoms with Crippen LogP contribution < -0.4 is 0 Å². The number of hydrogen-bond donors (Lipinski definition) is 0. The van der Waals surface area contributed by atoms with E-state index in [-0.39, 0.29) is 0 Å². The Morgan fingerprint density at radius 2 is 2.19 bits per heavy atom. The molecular weight excluding hydrogens is 263 g/mol. The van der Waals surface area contributed by atoms with E-state index in [2.05, 4.69) is 16.2 Å². The Hall–Kier alpha value is -2.66. The van der Waals surface area contributed by atoms with E-state index in [4.69, 9.17) is 4.11 Å². The van der Waals surface area contributed by atoms with Gasteiger partial charge in [-0.25, -0.2) is 9.67 Å². The molecule has 2 aromatic rings. The van der Waals surface area contributed by atoms with Crippen molar-refractivity contribution in [3.8, 4) is 12.1 Å². The third-order valence-corrected chi connectivity index (χ3v) is 3.29. The third-order valence-electron chi connectivity index (χ3n) is 3.29. The van der Waals surface area contributed by atoms with Crippen LogP contribution in [-0.2, 0) is 12.0 Å². The molecule has 106 valence electrons. The van der Waals surface area contributed by atoms with E-state index in [0.29, 0.717) is 17.7 Å². The maximum absolute atomic E-state index is 9.39. The van der Waals surface area contributed by atoms with Crippen LogP contribution in [0, 0.1) is 22.7 Å². The average Bonchev–Trinajstić information content (AvgIpc) is 2.99. The maximum atomic E-state index is 9.39. The second-order valence-corrected chi connectivity index (χ2v) is 5.36. The molecule has 0 fully saturated rings. The van der Waals surface area contributed by atoms with E-state index in [0.717, 1.165) is 5.56 Å². The summed E-state index contributed by atoms with van der Waals surface area (Å²) in [6.07, 6.45) is 2.96.